The van der Waals surface area contributed by atoms with Crippen LogP contribution in [0.4, 0.5) is 29.5 Å². The molecule has 2 amide bonds. The molecular formula is C22H17ClF3N5O2. The SMILES string of the molecule is O=C(NCCNc1nc(-c2ccco2)nc2cc(Cl)ccc12)Nc1ccc(C(F)(F)F)cc1. The molecule has 4 rings (SSSR count). The molecule has 0 saturated carbocycles. The number of alkyl halides is 3. The van der Waals surface area contributed by atoms with Crippen molar-refractivity contribution in [2.45, 2.75) is 6.18 Å². The summed E-state index contributed by atoms with van der Waals surface area (Å²) in [5.41, 5.74) is 0.0829. The lowest BCUT2D eigenvalue weighted by atomic mass is 10.2. The van der Waals surface area contributed by atoms with Crippen molar-refractivity contribution >= 4 is 40.0 Å². The molecule has 33 heavy (non-hydrogen) atoms. The number of nitrogens with one attached hydrogen (secondary N) is 3. The highest BCUT2D eigenvalue weighted by Gasteiger charge is 2.30. The van der Waals surface area contributed by atoms with Crippen molar-refractivity contribution in [3.63, 3.8) is 0 Å². The summed E-state index contributed by atoms with van der Waals surface area (Å²) < 4.78 is 43.2. The molecule has 2 aromatic carbocycles. The van der Waals surface area contributed by atoms with E-state index < -0.39 is 17.8 Å². The van der Waals surface area contributed by atoms with Gasteiger partial charge in [-0.3, -0.25) is 0 Å². The number of halogens is 4. The van der Waals surface area contributed by atoms with Crippen LogP contribution in [0.15, 0.2) is 65.3 Å². The number of nitrogens with zero attached hydrogens (tertiary/aromatic N) is 2. The summed E-state index contributed by atoms with van der Waals surface area (Å²) in [7, 11) is 0. The molecule has 0 bridgehead atoms. The normalized spacial score (nSPS) is 11.4. The first kappa shape index (κ1) is 22.4. The highest BCUT2D eigenvalue weighted by Crippen LogP contribution is 2.30. The Balaban J connectivity index is 1.37. The molecule has 0 saturated heterocycles. The maximum Gasteiger partial charge on any atom is 0.416 e. The van der Waals surface area contributed by atoms with E-state index in [-0.39, 0.29) is 12.2 Å². The monoisotopic (exact) mass is 475 g/mol. The van der Waals surface area contributed by atoms with Gasteiger partial charge in [-0.05, 0) is 54.6 Å². The number of furan rings is 1. The molecule has 4 aromatic rings. The van der Waals surface area contributed by atoms with Crippen molar-refractivity contribution in [1.82, 2.24) is 15.3 Å². The first-order chi connectivity index (χ1) is 15.8. The van der Waals surface area contributed by atoms with Crippen LogP contribution in [0.3, 0.4) is 0 Å². The lowest BCUT2D eigenvalue weighted by molar-refractivity contribution is -0.137. The fraction of sp³-hybridized carbons (Fsp3) is 0.136. The second kappa shape index (κ2) is 9.37. The van der Waals surface area contributed by atoms with E-state index >= 15 is 0 Å². The summed E-state index contributed by atoms with van der Waals surface area (Å²) in [6.07, 6.45) is -2.91. The smallest absolute Gasteiger partial charge is 0.416 e. The van der Waals surface area contributed by atoms with Crippen LogP contribution >= 0.6 is 11.6 Å². The number of carbonyl (C=O) groups excluding carboxylic acids is 1. The van der Waals surface area contributed by atoms with Crippen molar-refractivity contribution in [3.8, 4) is 11.6 Å². The summed E-state index contributed by atoms with van der Waals surface area (Å²) in [5.74, 6) is 1.41. The maximum absolute atomic E-state index is 12.6. The predicted octanol–water partition coefficient (Wildman–Crippen LogP) is 5.80. The van der Waals surface area contributed by atoms with Crippen LogP contribution < -0.4 is 16.0 Å². The van der Waals surface area contributed by atoms with E-state index in [0.29, 0.717) is 34.5 Å². The van der Waals surface area contributed by atoms with E-state index in [2.05, 4.69) is 25.9 Å². The first-order valence-corrected chi connectivity index (χ1v) is 10.1. The minimum Gasteiger partial charge on any atom is -0.461 e. The zero-order valence-electron chi connectivity index (χ0n) is 16.9. The molecule has 0 aliphatic carbocycles. The van der Waals surface area contributed by atoms with Crippen molar-refractivity contribution in [2.24, 2.45) is 0 Å². The number of carbonyl (C=O) groups is 1. The second-order valence-corrected chi connectivity index (χ2v) is 7.35. The zero-order chi connectivity index (χ0) is 23.4. The van der Waals surface area contributed by atoms with Crippen LogP contribution in [0.25, 0.3) is 22.5 Å². The number of benzene rings is 2. The third kappa shape index (κ3) is 5.53. The van der Waals surface area contributed by atoms with Crippen LogP contribution in [0.1, 0.15) is 5.56 Å². The van der Waals surface area contributed by atoms with E-state index in [4.69, 9.17) is 16.0 Å². The van der Waals surface area contributed by atoms with E-state index in [9.17, 15) is 18.0 Å². The van der Waals surface area contributed by atoms with Gasteiger partial charge in [-0.25, -0.2) is 14.8 Å². The largest absolute Gasteiger partial charge is 0.461 e. The van der Waals surface area contributed by atoms with Crippen molar-refractivity contribution in [1.29, 1.82) is 0 Å². The van der Waals surface area contributed by atoms with E-state index in [1.165, 1.54) is 18.4 Å². The molecule has 0 spiro atoms. The summed E-state index contributed by atoms with van der Waals surface area (Å²) in [6, 6.07) is 12.3. The molecule has 0 aliphatic rings. The molecular weight excluding hydrogens is 459 g/mol. The summed E-state index contributed by atoms with van der Waals surface area (Å²) in [6.45, 7) is 0.550. The molecule has 7 nitrogen and oxygen atoms in total. The average Bonchev–Trinajstić information content (AvgIpc) is 3.31. The Morgan fingerprint density at radius 2 is 1.82 bits per heavy atom. The van der Waals surface area contributed by atoms with Gasteiger partial charge < -0.3 is 20.4 Å². The number of rotatable bonds is 6. The molecule has 0 fully saturated rings. The lowest BCUT2D eigenvalue weighted by Crippen LogP contribution is -2.32. The number of amides is 2. The predicted molar refractivity (Wildman–Crippen MR) is 119 cm³/mol. The molecule has 2 aromatic heterocycles. The minimum absolute atomic E-state index is 0.224. The molecule has 11 heteroatoms. The quantitative estimate of drug-likeness (QED) is 0.307. The third-order valence-electron chi connectivity index (χ3n) is 4.57. The van der Waals surface area contributed by atoms with E-state index in [1.54, 1.807) is 30.3 Å². The van der Waals surface area contributed by atoms with Gasteiger partial charge in [-0.2, -0.15) is 13.2 Å². The van der Waals surface area contributed by atoms with Gasteiger partial charge in [-0.1, -0.05) is 11.6 Å². The number of hydrogen-bond donors (Lipinski definition) is 3. The highest BCUT2D eigenvalue weighted by molar-refractivity contribution is 6.31. The average molecular weight is 476 g/mol. The molecule has 3 N–H and O–H groups in total. The third-order valence-corrected chi connectivity index (χ3v) is 4.81. The van der Waals surface area contributed by atoms with Crippen molar-refractivity contribution in [3.05, 3.63) is 71.4 Å². The number of aromatic nitrogens is 2. The Morgan fingerprint density at radius 1 is 1.03 bits per heavy atom. The van der Waals surface area contributed by atoms with Crippen LogP contribution in [0, 0.1) is 0 Å². The second-order valence-electron chi connectivity index (χ2n) is 6.92. The molecule has 0 atom stereocenters. The standard InChI is InChI=1S/C22H17ClF3N5O2/c23-14-5-8-16-17(12-14)30-20(18-2-1-11-33-18)31-19(16)27-9-10-28-21(32)29-15-6-3-13(4-7-15)22(24,25)26/h1-8,11-12H,9-10H2,(H,27,30,31)(H2,28,29,32). The first-order valence-electron chi connectivity index (χ1n) is 9.77. The molecule has 0 radical (unpaired) electrons. The van der Waals surface area contributed by atoms with Crippen LogP contribution in [0.5, 0.6) is 0 Å². The Kier molecular flexibility index (Phi) is 6.36. The topological polar surface area (TPSA) is 92.1 Å². The Labute approximate surface area is 191 Å². The van der Waals surface area contributed by atoms with Crippen molar-refractivity contribution < 1.29 is 22.4 Å². The fourth-order valence-electron chi connectivity index (χ4n) is 3.03. The van der Waals surface area contributed by atoms with Gasteiger partial charge in [0, 0.05) is 29.2 Å². The van der Waals surface area contributed by atoms with Crippen LogP contribution in [-0.2, 0) is 6.18 Å². The summed E-state index contributed by atoms with van der Waals surface area (Å²) >= 11 is 6.09. The van der Waals surface area contributed by atoms with Gasteiger partial charge in [-0.15, -0.1) is 0 Å². The molecule has 170 valence electrons. The number of fused-ring (bicyclic) bond motifs is 1. The van der Waals surface area contributed by atoms with Gasteiger partial charge in [0.05, 0.1) is 17.3 Å². The van der Waals surface area contributed by atoms with E-state index in [1.807, 2.05) is 0 Å². The van der Waals surface area contributed by atoms with Gasteiger partial charge in [0.2, 0.25) is 0 Å². The zero-order valence-corrected chi connectivity index (χ0v) is 17.7. The van der Waals surface area contributed by atoms with E-state index in [0.717, 1.165) is 17.5 Å². The summed E-state index contributed by atoms with van der Waals surface area (Å²) in [4.78, 5) is 21.0. The minimum atomic E-state index is -4.43. The Hall–Kier alpha value is -3.79. The lowest BCUT2D eigenvalue weighted by Gasteiger charge is -2.12. The van der Waals surface area contributed by atoms with Gasteiger partial charge in [0.15, 0.2) is 11.6 Å². The molecule has 0 unspecified atom stereocenters. The van der Waals surface area contributed by atoms with Crippen molar-refractivity contribution in [2.75, 3.05) is 23.7 Å². The number of anilines is 2. The Bertz CT molecular complexity index is 1260. The molecule has 0 aliphatic heterocycles. The van der Waals surface area contributed by atoms with Crippen LogP contribution in [-0.4, -0.2) is 29.1 Å². The van der Waals surface area contributed by atoms with Gasteiger partial charge in [0.1, 0.15) is 5.82 Å². The summed E-state index contributed by atoms with van der Waals surface area (Å²) in [5, 5.41) is 9.53. The Morgan fingerprint density at radius 3 is 2.52 bits per heavy atom. The molecule has 2 heterocycles. The number of hydrogen-bond acceptors (Lipinski definition) is 5. The highest BCUT2D eigenvalue weighted by atomic mass is 35.5. The fourth-order valence-corrected chi connectivity index (χ4v) is 3.19. The van der Waals surface area contributed by atoms with Crippen LogP contribution in [0.2, 0.25) is 5.02 Å². The van der Waals surface area contributed by atoms with Gasteiger partial charge in [0.25, 0.3) is 0 Å². The number of urea groups is 1. The maximum atomic E-state index is 12.6. The van der Waals surface area contributed by atoms with Gasteiger partial charge >= 0.3 is 12.2 Å².